The van der Waals surface area contributed by atoms with Crippen molar-refractivity contribution in [1.82, 2.24) is 10.2 Å². The van der Waals surface area contributed by atoms with Crippen LogP contribution in [0, 0.1) is 5.41 Å². The summed E-state index contributed by atoms with van der Waals surface area (Å²) < 4.78 is 5.14. The molecule has 0 aliphatic rings. The van der Waals surface area contributed by atoms with E-state index in [4.69, 9.17) is 4.74 Å². The molecular weight excluding hydrogens is 212 g/mol. The van der Waals surface area contributed by atoms with Crippen molar-refractivity contribution in [2.45, 2.75) is 46.6 Å². The van der Waals surface area contributed by atoms with E-state index in [9.17, 15) is 0 Å². The van der Waals surface area contributed by atoms with Gasteiger partial charge < -0.3 is 15.0 Å². The molecule has 0 aromatic carbocycles. The van der Waals surface area contributed by atoms with Gasteiger partial charge in [-0.15, -0.1) is 0 Å². The first-order valence-electron chi connectivity index (χ1n) is 6.90. The molecule has 3 heteroatoms. The van der Waals surface area contributed by atoms with E-state index in [0.29, 0.717) is 11.5 Å². The second kappa shape index (κ2) is 8.90. The molecule has 0 bridgehead atoms. The molecule has 17 heavy (non-hydrogen) atoms. The van der Waals surface area contributed by atoms with Crippen molar-refractivity contribution in [1.29, 1.82) is 0 Å². The van der Waals surface area contributed by atoms with Gasteiger partial charge in [-0.3, -0.25) is 0 Å². The lowest BCUT2D eigenvalue weighted by Gasteiger charge is -2.36. The molecule has 0 aliphatic carbocycles. The lowest BCUT2D eigenvalue weighted by Crippen LogP contribution is -2.44. The van der Waals surface area contributed by atoms with Gasteiger partial charge in [0.1, 0.15) is 0 Å². The van der Waals surface area contributed by atoms with Gasteiger partial charge in [0.25, 0.3) is 0 Å². The maximum absolute atomic E-state index is 5.14. The first kappa shape index (κ1) is 16.9. The van der Waals surface area contributed by atoms with Crippen LogP contribution in [-0.4, -0.2) is 51.3 Å². The number of nitrogens with one attached hydrogen (secondary N) is 1. The zero-order valence-corrected chi connectivity index (χ0v) is 12.7. The van der Waals surface area contributed by atoms with Gasteiger partial charge >= 0.3 is 0 Å². The van der Waals surface area contributed by atoms with E-state index in [2.05, 4.69) is 45.0 Å². The zero-order valence-electron chi connectivity index (χ0n) is 12.7. The number of hydrogen-bond donors (Lipinski definition) is 1. The maximum atomic E-state index is 5.14. The van der Waals surface area contributed by atoms with Gasteiger partial charge in [-0.25, -0.2) is 0 Å². The average Bonchev–Trinajstić information content (AvgIpc) is 2.32. The normalized spacial score (nSPS) is 12.7. The molecule has 0 spiro atoms. The third kappa shape index (κ3) is 7.02. The van der Waals surface area contributed by atoms with Crippen LogP contribution in [0.1, 0.15) is 40.5 Å². The summed E-state index contributed by atoms with van der Waals surface area (Å²) >= 11 is 0. The third-order valence-corrected chi connectivity index (χ3v) is 3.67. The van der Waals surface area contributed by atoms with Crippen molar-refractivity contribution < 1.29 is 4.74 Å². The van der Waals surface area contributed by atoms with Gasteiger partial charge in [0.2, 0.25) is 0 Å². The monoisotopic (exact) mass is 244 g/mol. The van der Waals surface area contributed by atoms with Gasteiger partial charge in [-0.05, 0) is 25.3 Å². The molecule has 1 N–H and O–H groups in total. The lowest BCUT2D eigenvalue weighted by molar-refractivity contribution is 0.114. The summed E-state index contributed by atoms with van der Waals surface area (Å²) in [5.41, 5.74) is 0.396. The van der Waals surface area contributed by atoms with Crippen LogP contribution in [0.2, 0.25) is 0 Å². The largest absolute Gasteiger partial charge is 0.383 e. The van der Waals surface area contributed by atoms with Crippen molar-refractivity contribution >= 4 is 0 Å². The molecule has 0 saturated heterocycles. The first-order valence-corrected chi connectivity index (χ1v) is 6.90. The predicted octanol–water partition coefficient (Wildman–Crippen LogP) is 2.37. The van der Waals surface area contributed by atoms with Crippen molar-refractivity contribution in [3.63, 3.8) is 0 Å². The van der Waals surface area contributed by atoms with Crippen molar-refractivity contribution in [2.24, 2.45) is 5.41 Å². The van der Waals surface area contributed by atoms with Crippen LogP contribution in [0.25, 0.3) is 0 Å². The van der Waals surface area contributed by atoms with Crippen molar-refractivity contribution in [3.05, 3.63) is 0 Å². The van der Waals surface area contributed by atoms with Crippen LogP contribution in [0.4, 0.5) is 0 Å². The zero-order chi connectivity index (χ0) is 13.3. The fourth-order valence-electron chi connectivity index (χ4n) is 2.10. The van der Waals surface area contributed by atoms with E-state index in [1.807, 2.05) is 0 Å². The molecule has 0 unspecified atom stereocenters. The second-order valence-electron chi connectivity index (χ2n) is 5.47. The summed E-state index contributed by atoms with van der Waals surface area (Å²) in [6.07, 6.45) is 2.45. The third-order valence-electron chi connectivity index (χ3n) is 3.67. The highest BCUT2D eigenvalue weighted by molar-refractivity contribution is 4.82. The first-order chi connectivity index (χ1) is 7.99. The van der Waals surface area contributed by atoms with E-state index >= 15 is 0 Å². The van der Waals surface area contributed by atoms with Crippen molar-refractivity contribution in [3.8, 4) is 0 Å². The SMILES string of the molecule is CCC(CC)(CNC(C)C)CN(C)CCOC. The fraction of sp³-hybridized carbons (Fsp3) is 1.00. The summed E-state index contributed by atoms with van der Waals surface area (Å²) in [6, 6.07) is 0.566. The summed E-state index contributed by atoms with van der Waals surface area (Å²) in [7, 11) is 3.95. The predicted molar refractivity (Wildman–Crippen MR) is 75.5 cm³/mol. The Kier molecular flexibility index (Phi) is 8.83. The molecule has 0 saturated carbocycles. The summed E-state index contributed by atoms with van der Waals surface area (Å²) in [5, 5.41) is 3.59. The molecule has 0 fully saturated rings. The quantitative estimate of drug-likeness (QED) is 0.638. The average molecular weight is 244 g/mol. The highest BCUT2D eigenvalue weighted by Gasteiger charge is 2.27. The Hall–Kier alpha value is -0.120. The van der Waals surface area contributed by atoms with Gasteiger partial charge in [-0.2, -0.15) is 0 Å². The number of rotatable bonds is 10. The van der Waals surface area contributed by atoms with Gasteiger partial charge in [-0.1, -0.05) is 27.7 Å². The van der Waals surface area contributed by atoms with E-state index in [0.717, 1.165) is 26.2 Å². The Bertz CT molecular complexity index is 179. The minimum Gasteiger partial charge on any atom is -0.383 e. The Morgan fingerprint density at radius 3 is 2.24 bits per heavy atom. The number of ether oxygens (including phenoxy) is 1. The molecular formula is C14H32N2O. The Balaban J connectivity index is 4.27. The molecule has 0 atom stereocenters. The number of methoxy groups -OCH3 is 1. The number of hydrogen-bond acceptors (Lipinski definition) is 3. The Labute approximate surface area is 108 Å². The van der Waals surface area contributed by atoms with E-state index in [1.54, 1.807) is 7.11 Å². The van der Waals surface area contributed by atoms with E-state index in [-0.39, 0.29) is 0 Å². The van der Waals surface area contributed by atoms with Crippen LogP contribution in [0.3, 0.4) is 0 Å². The lowest BCUT2D eigenvalue weighted by atomic mass is 9.81. The summed E-state index contributed by atoms with van der Waals surface area (Å²) in [5.74, 6) is 0. The fourth-order valence-corrected chi connectivity index (χ4v) is 2.10. The molecule has 3 nitrogen and oxygen atoms in total. The smallest absolute Gasteiger partial charge is 0.0589 e. The van der Waals surface area contributed by atoms with Crippen LogP contribution >= 0.6 is 0 Å². The van der Waals surface area contributed by atoms with Gasteiger partial charge in [0, 0.05) is 32.8 Å². The molecule has 0 aromatic rings. The van der Waals surface area contributed by atoms with E-state index in [1.165, 1.54) is 12.8 Å². The van der Waals surface area contributed by atoms with Gasteiger partial charge in [0.05, 0.1) is 6.61 Å². The van der Waals surface area contributed by atoms with Crippen molar-refractivity contribution in [2.75, 3.05) is 40.4 Å². The molecule has 0 aliphatic heterocycles. The maximum Gasteiger partial charge on any atom is 0.0589 e. The van der Waals surface area contributed by atoms with E-state index < -0.39 is 0 Å². The molecule has 0 radical (unpaired) electrons. The number of nitrogens with zero attached hydrogens (tertiary/aromatic N) is 1. The molecule has 0 amide bonds. The Morgan fingerprint density at radius 1 is 1.24 bits per heavy atom. The van der Waals surface area contributed by atoms with Crippen LogP contribution in [-0.2, 0) is 4.74 Å². The number of likely N-dealkylation sites (N-methyl/N-ethyl adjacent to an activating group) is 1. The second-order valence-corrected chi connectivity index (χ2v) is 5.47. The van der Waals surface area contributed by atoms with Crippen LogP contribution in [0.5, 0.6) is 0 Å². The summed E-state index contributed by atoms with van der Waals surface area (Å²) in [4.78, 5) is 2.39. The minimum atomic E-state index is 0.396. The van der Waals surface area contributed by atoms with Crippen LogP contribution in [0.15, 0.2) is 0 Å². The minimum absolute atomic E-state index is 0.396. The summed E-state index contributed by atoms with van der Waals surface area (Å²) in [6.45, 7) is 13.1. The molecule has 104 valence electrons. The Morgan fingerprint density at radius 2 is 1.82 bits per heavy atom. The molecule has 0 aromatic heterocycles. The highest BCUT2D eigenvalue weighted by atomic mass is 16.5. The highest BCUT2D eigenvalue weighted by Crippen LogP contribution is 2.26. The van der Waals surface area contributed by atoms with Crippen LogP contribution < -0.4 is 5.32 Å². The van der Waals surface area contributed by atoms with Gasteiger partial charge in [0.15, 0.2) is 0 Å². The molecule has 0 heterocycles. The molecule has 0 rings (SSSR count). The topological polar surface area (TPSA) is 24.5 Å². The standard InChI is InChI=1S/C14H32N2O/c1-7-14(8-2,11-15-13(3)4)12-16(5)9-10-17-6/h13,15H,7-12H2,1-6H3.